The fourth-order valence-electron chi connectivity index (χ4n) is 2.52. The Morgan fingerprint density at radius 1 is 0.952 bits per heavy atom. The molecule has 0 saturated heterocycles. The highest BCUT2D eigenvalue weighted by molar-refractivity contribution is 6.50. The average molecular weight is 277 g/mol. The van der Waals surface area contributed by atoms with Gasteiger partial charge in [0.15, 0.2) is 0 Å². The molecule has 0 aliphatic carbocycles. The van der Waals surface area contributed by atoms with Crippen LogP contribution in [0.25, 0.3) is 10.9 Å². The molecule has 0 amide bonds. The molecule has 2 aromatic carbocycles. The summed E-state index contributed by atoms with van der Waals surface area (Å²) in [5.74, 6) is -0.931. The molecule has 0 saturated carbocycles. The lowest BCUT2D eigenvalue weighted by Gasteiger charge is -2.00. The molecule has 1 heterocycles. The molecule has 3 nitrogen and oxygen atoms in total. The van der Waals surface area contributed by atoms with Crippen LogP contribution in [0.2, 0.25) is 0 Å². The van der Waals surface area contributed by atoms with Crippen molar-refractivity contribution in [3.05, 3.63) is 71.4 Å². The van der Waals surface area contributed by atoms with Gasteiger partial charge < -0.3 is 4.57 Å². The largest absolute Gasteiger partial charge is 0.350 e. The number of carbonyl (C=O) groups is 2. The predicted octanol–water partition coefficient (Wildman–Crippen LogP) is 3.55. The van der Waals surface area contributed by atoms with Gasteiger partial charge in [-0.25, -0.2) is 0 Å². The Bertz CT molecular complexity index is 844. The SMILES string of the molecule is Cc1ccc2c(C(=O)C(=O)c3ccccc3)cn(C)c2c1. The maximum absolute atomic E-state index is 12.5. The van der Waals surface area contributed by atoms with Crippen LogP contribution < -0.4 is 0 Å². The van der Waals surface area contributed by atoms with Gasteiger partial charge in [-0.3, -0.25) is 9.59 Å². The zero-order valence-electron chi connectivity index (χ0n) is 12.0. The zero-order chi connectivity index (χ0) is 15.0. The van der Waals surface area contributed by atoms with Gasteiger partial charge in [0.25, 0.3) is 0 Å². The second-order valence-electron chi connectivity index (χ2n) is 5.20. The Balaban J connectivity index is 2.09. The van der Waals surface area contributed by atoms with Crippen LogP contribution >= 0.6 is 0 Å². The maximum Gasteiger partial charge on any atom is 0.235 e. The first-order chi connectivity index (χ1) is 10.1. The molecule has 0 atom stereocenters. The third-order valence-corrected chi connectivity index (χ3v) is 3.63. The lowest BCUT2D eigenvalue weighted by Crippen LogP contribution is -2.14. The van der Waals surface area contributed by atoms with Crippen molar-refractivity contribution in [2.45, 2.75) is 6.92 Å². The van der Waals surface area contributed by atoms with Gasteiger partial charge in [0.2, 0.25) is 11.6 Å². The third-order valence-electron chi connectivity index (χ3n) is 3.63. The summed E-state index contributed by atoms with van der Waals surface area (Å²) in [5.41, 5.74) is 2.96. The topological polar surface area (TPSA) is 39.1 Å². The third kappa shape index (κ3) is 2.27. The van der Waals surface area contributed by atoms with Gasteiger partial charge in [-0.15, -0.1) is 0 Å². The number of fused-ring (bicyclic) bond motifs is 1. The zero-order valence-corrected chi connectivity index (χ0v) is 12.0. The Morgan fingerprint density at radius 2 is 1.67 bits per heavy atom. The van der Waals surface area contributed by atoms with Crippen molar-refractivity contribution in [1.82, 2.24) is 4.57 Å². The van der Waals surface area contributed by atoms with E-state index in [1.807, 2.05) is 42.8 Å². The monoisotopic (exact) mass is 277 g/mol. The predicted molar refractivity (Wildman–Crippen MR) is 82.8 cm³/mol. The molecule has 0 radical (unpaired) electrons. The van der Waals surface area contributed by atoms with Crippen molar-refractivity contribution in [2.24, 2.45) is 7.05 Å². The van der Waals surface area contributed by atoms with Crippen LogP contribution in [0, 0.1) is 6.92 Å². The molecule has 3 heteroatoms. The van der Waals surface area contributed by atoms with Crippen LogP contribution in [0.5, 0.6) is 0 Å². The number of rotatable bonds is 3. The summed E-state index contributed by atoms with van der Waals surface area (Å²) >= 11 is 0. The van der Waals surface area contributed by atoms with Gasteiger partial charge >= 0.3 is 0 Å². The van der Waals surface area contributed by atoms with E-state index in [4.69, 9.17) is 0 Å². The van der Waals surface area contributed by atoms with Gasteiger partial charge in [0, 0.05) is 29.7 Å². The molecule has 0 aliphatic heterocycles. The molecule has 0 fully saturated rings. The van der Waals surface area contributed by atoms with Crippen LogP contribution in [-0.4, -0.2) is 16.1 Å². The number of hydrogen-bond acceptors (Lipinski definition) is 2. The van der Waals surface area contributed by atoms with Gasteiger partial charge in [0.1, 0.15) is 0 Å². The summed E-state index contributed by atoms with van der Waals surface area (Å²) in [4.78, 5) is 24.8. The van der Waals surface area contributed by atoms with Crippen LogP contribution in [0.15, 0.2) is 54.7 Å². The molecular formula is C18H15NO2. The smallest absolute Gasteiger partial charge is 0.235 e. The van der Waals surface area contributed by atoms with E-state index in [2.05, 4.69) is 0 Å². The van der Waals surface area contributed by atoms with E-state index < -0.39 is 11.6 Å². The summed E-state index contributed by atoms with van der Waals surface area (Å²) in [5, 5.41) is 0.817. The first-order valence-corrected chi connectivity index (χ1v) is 6.77. The van der Waals surface area contributed by atoms with Crippen LogP contribution in [0.3, 0.4) is 0 Å². The fraction of sp³-hybridized carbons (Fsp3) is 0.111. The Morgan fingerprint density at radius 3 is 2.38 bits per heavy atom. The number of aromatic nitrogens is 1. The molecule has 0 spiro atoms. The molecular weight excluding hydrogens is 262 g/mol. The first kappa shape index (κ1) is 13.3. The average Bonchev–Trinajstić information content (AvgIpc) is 2.83. The standard InChI is InChI=1S/C18H15NO2/c1-12-8-9-14-15(11-19(2)16(14)10-12)18(21)17(20)13-6-4-3-5-7-13/h3-11H,1-2H3. The number of nitrogens with zero attached hydrogens (tertiary/aromatic N) is 1. The minimum Gasteiger partial charge on any atom is -0.350 e. The molecule has 0 N–H and O–H groups in total. The Labute approximate surface area is 122 Å². The van der Waals surface area contributed by atoms with Gasteiger partial charge in [-0.05, 0) is 18.6 Å². The highest BCUT2D eigenvalue weighted by Gasteiger charge is 2.22. The van der Waals surface area contributed by atoms with E-state index in [0.29, 0.717) is 11.1 Å². The molecule has 0 aliphatic rings. The van der Waals surface area contributed by atoms with E-state index in [0.717, 1.165) is 16.5 Å². The summed E-state index contributed by atoms with van der Waals surface area (Å²) in [7, 11) is 1.88. The van der Waals surface area contributed by atoms with Crippen LogP contribution in [-0.2, 0) is 7.05 Å². The normalized spacial score (nSPS) is 10.8. The van der Waals surface area contributed by atoms with E-state index in [9.17, 15) is 9.59 Å². The highest BCUT2D eigenvalue weighted by atomic mass is 16.2. The highest BCUT2D eigenvalue weighted by Crippen LogP contribution is 2.23. The lowest BCUT2D eigenvalue weighted by atomic mass is 10.0. The van der Waals surface area contributed by atoms with Crippen molar-refractivity contribution in [1.29, 1.82) is 0 Å². The Kier molecular flexibility index (Phi) is 3.18. The van der Waals surface area contributed by atoms with Crippen molar-refractivity contribution >= 4 is 22.5 Å². The summed E-state index contributed by atoms with van der Waals surface area (Å²) in [6.45, 7) is 2.00. The van der Waals surface area contributed by atoms with Gasteiger partial charge in [0.05, 0.1) is 5.56 Å². The van der Waals surface area contributed by atoms with Gasteiger partial charge in [-0.2, -0.15) is 0 Å². The van der Waals surface area contributed by atoms with Crippen LogP contribution in [0.4, 0.5) is 0 Å². The number of aryl methyl sites for hydroxylation is 2. The van der Waals surface area contributed by atoms with Crippen molar-refractivity contribution < 1.29 is 9.59 Å². The van der Waals surface area contributed by atoms with Crippen LogP contribution in [0.1, 0.15) is 26.3 Å². The van der Waals surface area contributed by atoms with E-state index >= 15 is 0 Å². The number of Topliss-reactive ketones (excluding diaryl/α,β-unsaturated/α-hetero) is 2. The van der Waals surface area contributed by atoms with Crippen molar-refractivity contribution in [2.75, 3.05) is 0 Å². The molecule has 3 aromatic rings. The van der Waals surface area contributed by atoms with Gasteiger partial charge in [-0.1, -0.05) is 42.5 Å². The first-order valence-electron chi connectivity index (χ1n) is 6.77. The number of carbonyl (C=O) groups excluding carboxylic acids is 2. The molecule has 21 heavy (non-hydrogen) atoms. The number of benzene rings is 2. The van der Waals surface area contributed by atoms with E-state index in [-0.39, 0.29) is 0 Å². The molecule has 104 valence electrons. The van der Waals surface area contributed by atoms with E-state index in [1.165, 1.54) is 0 Å². The number of ketones is 2. The minimum absolute atomic E-state index is 0.423. The molecule has 3 rings (SSSR count). The van der Waals surface area contributed by atoms with E-state index in [1.54, 1.807) is 30.5 Å². The molecule has 1 aromatic heterocycles. The quantitative estimate of drug-likeness (QED) is 0.542. The minimum atomic E-state index is -0.469. The maximum atomic E-state index is 12.5. The fourth-order valence-corrected chi connectivity index (χ4v) is 2.52. The summed E-state index contributed by atoms with van der Waals surface area (Å²) in [6, 6.07) is 14.5. The second-order valence-corrected chi connectivity index (χ2v) is 5.20. The van der Waals surface area contributed by atoms with Crippen molar-refractivity contribution in [3.63, 3.8) is 0 Å². The summed E-state index contributed by atoms with van der Waals surface area (Å²) < 4.78 is 1.88. The summed E-state index contributed by atoms with van der Waals surface area (Å²) in [6.07, 6.45) is 1.73. The molecule has 0 unspecified atom stereocenters. The Hall–Kier alpha value is -2.68. The second kappa shape index (κ2) is 5.02. The lowest BCUT2D eigenvalue weighted by molar-refractivity contribution is 0.0818. The number of hydrogen-bond donors (Lipinski definition) is 0. The van der Waals surface area contributed by atoms with Crippen molar-refractivity contribution in [3.8, 4) is 0 Å². The molecule has 0 bridgehead atoms.